The van der Waals surface area contributed by atoms with Crippen molar-refractivity contribution in [3.63, 3.8) is 0 Å². The Hall–Kier alpha value is -2.74. The molecule has 0 unspecified atom stereocenters. The minimum absolute atomic E-state index is 1.25. The predicted molar refractivity (Wildman–Crippen MR) is 88.7 cm³/mol. The molecule has 0 radical (unpaired) electrons. The van der Waals surface area contributed by atoms with Crippen LogP contribution >= 0.6 is 0 Å². The molecule has 0 aromatic carbocycles. The standard InChI is InChI=1S/C20H12Si/c1-2-10-17(9-1)21(18-11-3-4-12-18,19-13-5-6-14-19)20-15-7-8-16-20/h1-9,11,13,15H. The van der Waals surface area contributed by atoms with Crippen molar-refractivity contribution < 1.29 is 0 Å². The van der Waals surface area contributed by atoms with E-state index in [0.717, 1.165) is 0 Å². The molecule has 0 saturated heterocycles. The molecule has 96 valence electrons. The molecular formula is C20H12Si. The first-order valence-electron chi connectivity index (χ1n) is 6.98. The van der Waals surface area contributed by atoms with E-state index in [4.69, 9.17) is 0 Å². The summed E-state index contributed by atoms with van der Waals surface area (Å²) in [5.41, 5.74) is 13.8. The van der Waals surface area contributed by atoms with Gasteiger partial charge in [-0.2, -0.15) is 0 Å². The van der Waals surface area contributed by atoms with Crippen molar-refractivity contribution in [2.45, 2.75) is 0 Å². The zero-order valence-electron chi connectivity index (χ0n) is 11.4. The fourth-order valence-corrected chi connectivity index (χ4v) is 7.45. The van der Waals surface area contributed by atoms with Gasteiger partial charge in [0.25, 0.3) is 0 Å². The van der Waals surface area contributed by atoms with Gasteiger partial charge in [0.1, 0.15) is 0 Å². The van der Waals surface area contributed by atoms with Crippen LogP contribution in [0.2, 0.25) is 0 Å². The Bertz CT molecular complexity index is 755. The summed E-state index contributed by atoms with van der Waals surface area (Å²) in [4.78, 5) is 0. The molecule has 0 N–H and O–H groups in total. The number of allylic oxidation sites excluding steroid dienone is 12. The first-order valence-corrected chi connectivity index (χ1v) is 8.98. The van der Waals surface area contributed by atoms with Gasteiger partial charge in [-0.05, 0) is 45.1 Å². The van der Waals surface area contributed by atoms with Crippen LogP contribution in [0.5, 0.6) is 0 Å². The summed E-state index contributed by atoms with van der Waals surface area (Å²) in [6.07, 6.45) is 24.9. The largest absolute Gasteiger partial charge is 0.211 e. The highest BCUT2D eigenvalue weighted by Crippen LogP contribution is 2.41. The Morgan fingerprint density at radius 2 is 0.762 bits per heavy atom. The third-order valence-electron chi connectivity index (χ3n) is 4.01. The first kappa shape index (κ1) is 12.0. The Morgan fingerprint density at radius 1 is 0.476 bits per heavy atom. The monoisotopic (exact) mass is 280 g/mol. The van der Waals surface area contributed by atoms with Crippen LogP contribution in [0.1, 0.15) is 0 Å². The molecule has 0 bridgehead atoms. The van der Waals surface area contributed by atoms with Crippen LogP contribution in [0.3, 0.4) is 0 Å². The molecule has 4 aliphatic rings. The average Bonchev–Trinajstić information content (AvgIpc) is 3.32. The average molecular weight is 280 g/mol. The Balaban J connectivity index is 2.09. The maximum atomic E-state index is 3.44. The zero-order valence-corrected chi connectivity index (χ0v) is 12.4. The van der Waals surface area contributed by atoms with Gasteiger partial charge in [0.05, 0.1) is 0 Å². The molecule has 4 aliphatic carbocycles. The number of hydrogen-bond acceptors (Lipinski definition) is 0. The van der Waals surface area contributed by atoms with Crippen molar-refractivity contribution in [2.24, 2.45) is 0 Å². The number of hydrogen-bond donors (Lipinski definition) is 0. The molecule has 1 heteroatoms. The van der Waals surface area contributed by atoms with Gasteiger partial charge in [-0.1, -0.05) is 48.6 Å². The van der Waals surface area contributed by atoms with E-state index in [2.05, 4.69) is 71.5 Å². The van der Waals surface area contributed by atoms with E-state index < -0.39 is 8.07 Å². The van der Waals surface area contributed by atoms with Gasteiger partial charge >= 0.3 is 0 Å². The third-order valence-corrected chi connectivity index (χ3v) is 8.48. The second kappa shape index (κ2) is 4.67. The van der Waals surface area contributed by atoms with Gasteiger partial charge < -0.3 is 0 Å². The van der Waals surface area contributed by atoms with Crippen LogP contribution in [0, 0.1) is 0 Å². The minimum atomic E-state index is -2.31. The summed E-state index contributed by atoms with van der Waals surface area (Å²) in [7, 11) is -2.31. The molecule has 0 nitrogen and oxygen atoms in total. The van der Waals surface area contributed by atoms with E-state index in [1.54, 1.807) is 0 Å². The van der Waals surface area contributed by atoms with Crippen molar-refractivity contribution in [1.29, 1.82) is 0 Å². The van der Waals surface area contributed by atoms with E-state index in [0.29, 0.717) is 0 Å². The molecule has 0 heterocycles. The van der Waals surface area contributed by atoms with Crippen LogP contribution < -0.4 is 0 Å². The van der Waals surface area contributed by atoms with Gasteiger partial charge in [-0.3, -0.25) is 0 Å². The maximum absolute atomic E-state index is 3.44. The molecular weight excluding hydrogens is 268 g/mol. The van der Waals surface area contributed by atoms with Crippen LogP contribution in [0.4, 0.5) is 0 Å². The molecule has 0 aromatic rings. The third kappa shape index (κ3) is 1.66. The first-order chi connectivity index (χ1) is 10.4. The van der Waals surface area contributed by atoms with Gasteiger partial charge in [-0.15, -0.1) is 22.9 Å². The Kier molecular flexibility index (Phi) is 2.67. The quantitative estimate of drug-likeness (QED) is 0.535. The SMILES string of the molecule is C1=CC=CC=1[Si](C1=C=CC=C1)(C1=C=CC=C1)C1=C=CC=C1. The fourth-order valence-electron chi connectivity index (χ4n) is 3.12. The second-order valence-electron chi connectivity index (χ2n) is 5.09. The van der Waals surface area contributed by atoms with Crippen molar-refractivity contribution in [2.75, 3.05) is 0 Å². The molecule has 0 saturated carbocycles. The number of rotatable bonds is 4. The predicted octanol–water partition coefficient (Wildman–Crippen LogP) is 4.20. The fraction of sp³-hybridized carbons (Fsp3) is 0. The second-order valence-corrected chi connectivity index (χ2v) is 8.74. The lowest BCUT2D eigenvalue weighted by molar-refractivity contribution is 1.65. The smallest absolute Gasteiger partial charge is 0.121 e. The normalized spacial score (nSPS) is 19.8. The summed E-state index contributed by atoms with van der Waals surface area (Å²) in [6, 6.07) is 0. The van der Waals surface area contributed by atoms with Crippen molar-refractivity contribution >= 4 is 8.07 Å². The summed E-state index contributed by atoms with van der Waals surface area (Å²) in [5.74, 6) is 0. The molecule has 4 rings (SSSR count). The minimum Gasteiger partial charge on any atom is -0.121 e. The maximum Gasteiger partial charge on any atom is 0.211 e. The van der Waals surface area contributed by atoms with E-state index in [9.17, 15) is 0 Å². The van der Waals surface area contributed by atoms with Crippen LogP contribution in [0.15, 0.2) is 117 Å². The lowest BCUT2D eigenvalue weighted by Gasteiger charge is -2.31. The summed E-state index contributed by atoms with van der Waals surface area (Å²) < 4.78 is 0. The van der Waals surface area contributed by atoms with E-state index in [1.165, 1.54) is 20.8 Å². The van der Waals surface area contributed by atoms with Crippen molar-refractivity contribution in [3.05, 3.63) is 117 Å². The molecule has 21 heavy (non-hydrogen) atoms. The van der Waals surface area contributed by atoms with E-state index in [-0.39, 0.29) is 0 Å². The Labute approximate surface area is 125 Å². The zero-order chi connectivity index (χ0) is 14.1. The van der Waals surface area contributed by atoms with Gasteiger partial charge in [0.2, 0.25) is 8.07 Å². The van der Waals surface area contributed by atoms with E-state index in [1.807, 2.05) is 24.3 Å². The summed E-state index contributed by atoms with van der Waals surface area (Å²) in [6.45, 7) is 0. The lowest BCUT2D eigenvalue weighted by atomic mass is 10.5. The lowest BCUT2D eigenvalue weighted by Crippen LogP contribution is -2.42. The van der Waals surface area contributed by atoms with E-state index >= 15 is 0 Å². The highest BCUT2D eigenvalue weighted by atomic mass is 28.3. The van der Waals surface area contributed by atoms with Gasteiger partial charge in [0.15, 0.2) is 0 Å². The summed E-state index contributed by atoms with van der Waals surface area (Å²) >= 11 is 0. The molecule has 0 spiro atoms. The van der Waals surface area contributed by atoms with Gasteiger partial charge in [-0.25, -0.2) is 0 Å². The van der Waals surface area contributed by atoms with Crippen molar-refractivity contribution in [3.8, 4) is 0 Å². The molecule has 0 fully saturated rings. The van der Waals surface area contributed by atoms with Gasteiger partial charge in [0, 0.05) is 0 Å². The highest BCUT2D eigenvalue weighted by Gasteiger charge is 2.47. The topological polar surface area (TPSA) is 0 Å². The molecule has 0 aromatic heterocycles. The summed E-state index contributed by atoms with van der Waals surface area (Å²) in [5, 5.41) is 4.98. The molecule has 0 aliphatic heterocycles. The molecule has 0 amide bonds. The van der Waals surface area contributed by atoms with Crippen molar-refractivity contribution in [1.82, 2.24) is 0 Å². The van der Waals surface area contributed by atoms with Crippen LogP contribution in [0.25, 0.3) is 0 Å². The highest BCUT2D eigenvalue weighted by molar-refractivity contribution is 7.05. The van der Waals surface area contributed by atoms with Crippen LogP contribution in [-0.2, 0) is 0 Å². The molecule has 0 atom stereocenters. The van der Waals surface area contributed by atoms with Crippen LogP contribution in [-0.4, -0.2) is 8.07 Å². The Morgan fingerprint density at radius 3 is 0.952 bits per heavy atom.